The Morgan fingerprint density at radius 3 is 2.21 bits per heavy atom. The van der Waals surface area contributed by atoms with Crippen molar-refractivity contribution in [2.75, 3.05) is 37.7 Å². The van der Waals surface area contributed by atoms with Crippen LogP contribution in [0.2, 0.25) is 0 Å². The van der Waals surface area contributed by atoms with Crippen molar-refractivity contribution in [2.45, 2.75) is 37.5 Å². The summed E-state index contributed by atoms with van der Waals surface area (Å²) in [5.41, 5.74) is 2.18. The van der Waals surface area contributed by atoms with Gasteiger partial charge < -0.3 is 14.1 Å². The molecule has 2 heterocycles. The number of rotatable bonds is 11. The van der Waals surface area contributed by atoms with Crippen LogP contribution in [0, 0.1) is 5.41 Å². The lowest BCUT2D eigenvalue weighted by Gasteiger charge is -2.37. The number of methoxy groups -OCH3 is 1. The smallest absolute Gasteiger partial charge is 0.264 e. The summed E-state index contributed by atoms with van der Waals surface area (Å²) in [5.74, 6) is 1.06. The lowest BCUT2D eigenvalue weighted by atomic mass is 9.71. The summed E-state index contributed by atoms with van der Waals surface area (Å²) in [6, 6.07) is 21.4. The van der Waals surface area contributed by atoms with E-state index in [1.54, 1.807) is 7.11 Å². The molecule has 0 radical (unpaired) electrons. The fraction of sp³-hybridized carbons (Fsp3) is 0.429. The standard InChI is InChI=1S/C28H33NO8S2/c1-34-18-22-16-23-24(14-15-35-38(2,30)31)28(19-36-39(3,32)33)17-25(20-10-6-4-7-11-20)29(27(28)26(23)37-22)21-12-8-5-9-13-21/h4-13,16,24-25,27H,14-15,17-19H2,1-3H3/t24-,25+,27-,28-/m1/s1. The first kappa shape index (κ1) is 27.9. The van der Waals surface area contributed by atoms with E-state index in [-0.39, 0.29) is 37.8 Å². The van der Waals surface area contributed by atoms with Crippen LogP contribution < -0.4 is 4.90 Å². The lowest BCUT2D eigenvalue weighted by Crippen LogP contribution is -2.36. The first-order valence-electron chi connectivity index (χ1n) is 12.7. The lowest BCUT2D eigenvalue weighted by molar-refractivity contribution is 0.0987. The first-order valence-corrected chi connectivity index (χ1v) is 16.3. The van der Waals surface area contributed by atoms with Gasteiger partial charge in [-0.2, -0.15) is 16.8 Å². The summed E-state index contributed by atoms with van der Waals surface area (Å²) in [5, 5.41) is 0. The second-order valence-electron chi connectivity index (χ2n) is 10.3. The van der Waals surface area contributed by atoms with Crippen molar-refractivity contribution < 1.29 is 34.4 Å². The van der Waals surface area contributed by atoms with Crippen LogP contribution in [0.3, 0.4) is 0 Å². The molecule has 5 rings (SSSR count). The number of fused-ring (bicyclic) bond motifs is 3. The highest BCUT2D eigenvalue weighted by Crippen LogP contribution is 2.68. The summed E-state index contributed by atoms with van der Waals surface area (Å²) in [6.45, 7) is 0.130. The van der Waals surface area contributed by atoms with E-state index in [2.05, 4.69) is 17.0 Å². The van der Waals surface area contributed by atoms with Crippen LogP contribution in [0.15, 0.2) is 71.1 Å². The number of para-hydroxylation sites is 1. The van der Waals surface area contributed by atoms with Gasteiger partial charge in [-0.3, -0.25) is 8.37 Å². The van der Waals surface area contributed by atoms with E-state index < -0.39 is 25.7 Å². The van der Waals surface area contributed by atoms with Crippen LogP contribution in [-0.4, -0.2) is 49.7 Å². The third-order valence-corrected chi connectivity index (χ3v) is 8.80. The largest absolute Gasteiger partial charge is 0.461 e. The second-order valence-corrected chi connectivity index (χ2v) is 13.6. The van der Waals surface area contributed by atoms with Crippen molar-refractivity contribution in [1.29, 1.82) is 0 Å². The summed E-state index contributed by atoms with van der Waals surface area (Å²) < 4.78 is 70.7. The highest BCUT2D eigenvalue weighted by atomic mass is 32.2. The Morgan fingerprint density at radius 2 is 1.59 bits per heavy atom. The number of benzene rings is 2. The molecule has 0 amide bonds. The molecular formula is C28H33NO8S2. The van der Waals surface area contributed by atoms with Crippen molar-refractivity contribution in [1.82, 2.24) is 0 Å². The number of anilines is 1. The van der Waals surface area contributed by atoms with Gasteiger partial charge in [0.15, 0.2) is 0 Å². The summed E-state index contributed by atoms with van der Waals surface area (Å²) in [6.07, 6.45) is 2.95. The third kappa shape index (κ3) is 5.64. The molecule has 1 saturated heterocycles. The summed E-state index contributed by atoms with van der Waals surface area (Å²) >= 11 is 0. The number of hydrogen-bond acceptors (Lipinski definition) is 9. The molecule has 210 valence electrons. The van der Waals surface area contributed by atoms with E-state index >= 15 is 0 Å². The van der Waals surface area contributed by atoms with Gasteiger partial charge in [0.05, 0.1) is 37.8 Å². The minimum absolute atomic E-state index is 0.0532. The van der Waals surface area contributed by atoms with E-state index in [0.29, 0.717) is 24.4 Å². The summed E-state index contributed by atoms with van der Waals surface area (Å²) in [4.78, 5) is 2.29. The molecule has 1 aliphatic carbocycles. The molecule has 1 fully saturated rings. The van der Waals surface area contributed by atoms with Gasteiger partial charge in [-0.1, -0.05) is 48.5 Å². The zero-order chi connectivity index (χ0) is 27.8. The van der Waals surface area contributed by atoms with E-state index in [4.69, 9.17) is 17.5 Å². The second kappa shape index (κ2) is 10.7. The van der Waals surface area contributed by atoms with Crippen LogP contribution >= 0.6 is 0 Å². The van der Waals surface area contributed by atoms with E-state index in [1.165, 1.54) is 0 Å². The molecule has 0 saturated carbocycles. The topological polar surface area (TPSA) is 112 Å². The molecule has 0 spiro atoms. The van der Waals surface area contributed by atoms with Gasteiger partial charge in [-0.15, -0.1) is 0 Å². The molecule has 39 heavy (non-hydrogen) atoms. The molecule has 0 unspecified atom stereocenters. The Hall–Kier alpha value is -2.70. The Balaban J connectivity index is 1.69. The fourth-order valence-corrected chi connectivity index (χ4v) is 7.16. The van der Waals surface area contributed by atoms with E-state index in [9.17, 15) is 16.8 Å². The number of ether oxygens (including phenoxy) is 1. The molecule has 4 atom stereocenters. The number of nitrogens with zero attached hydrogens (tertiary/aromatic N) is 1. The minimum atomic E-state index is -3.77. The predicted octanol–water partition coefficient (Wildman–Crippen LogP) is 4.54. The molecule has 1 aromatic heterocycles. The molecule has 2 aliphatic rings. The zero-order valence-corrected chi connectivity index (χ0v) is 23.8. The monoisotopic (exact) mass is 575 g/mol. The highest BCUT2D eigenvalue weighted by Gasteiger charge is 2.64. The Kier molecular flexibility index (Phi) is 7.64. The molecule has 11 heteroatoms. The van der Waals surface area contributed by atoms with Crippen molar-refractivity contribution in [3.8, 4) is 0 Å². The van der Waals surface area contributed by atoms with Gasteiger partial charge in [0.25, 0.3) is 20.2 Å². The van der Waals surface area contributed by atoms with Gasteiger partial charge in [0.2, 0.25) is 0 Å². The highest BCUT2D eigenvalue weighted by molar-refractivity contribution is 7.86. The molecule has 2 aromatic carbocycles. The molecule has 1 aliphatic heterocycles. The predicted molar refractivity (Wildman–Crippen MR) is 146 cm³/mol. The van der Waals surface area contributed by atoms with Crippen molar-refractivity contribution in [3.05, 3.63) is 89.4 Å². The van der Waals surface area contributed by atoms with Crippen LogP contribution in [0.1, 0.15) is 53.5 Å². The minimum Gasteiger partial charge on any atom is -0.461 e. The first-order chi connectivity index (χ1) is 18.5. The maximum Gasteiger partial charge on any atom is 0.264 e. The average molecular weight is 576 g/mol. The van der Waals surface area contributed by atoms with Gasteiger partial charge in [-0.25, -0.2) is 0 Å². The van der Waals surface area contributed by atoms with E-state index in [1.807, 2.05) is 54.6 Å². The molecule has 9 nitrogen and oxygen atoms in total. The Morgan fingerprint density at radius 1 is 0.949 bits per heavy atom. The Labute approximate surface area is 229 Å². The Bertz CT molecular complexity index is 1510. The van der Waals surface area contributed by atoms with Crippen LogP contribution in [0.25, 0.3) is 0 Å². The van der Waals surface area contributed by atoms with Gasteiger partial charge in [0, 0.05) is 29.7 Å². The van der Waals surface area contributed by atoms with Crippen molar-refractivity contribution >= 4 is 25.9 Å². The van der Waals surface area contributed by atoms with Crippen molar-refractivity contribution in [3.63, 3.8) is 0 Å². The molecule has 0 bridgehead atoms. The molecular weight excluding hydrogens is 542 g/mol. The zero-order valence-electron chi connectivity index (χ0n) is 22.1. The van der Waals surface area contributed by atoms with Gasteiger partial charge in [0.1, 0.15) is 18.1 Å². The third-order valence-electron chi connectivity index (χ3n) is 7.66. The van der Waals surface area contributed by atoms with Crippen LogP contribution in [-0.2, 0) is 39.9 Å². The molecule has 3 aromatic rings. The number of furan rings is 1. The maximum atomic E-state index is 12.3. The fourth-order valence-electron chi connectivity index (χ4n) is 6.33. The quantitative estimate of drug-likeness (QED) is 0.304. The normalized spacial score (nSPS) is 24.6. The molecule has 0 N–H and O–H groups in total. The summed E-state index contributed by atoms with van der Waals surface area (Å²) in [7, 11) is -5.84. The SMILES string of the molecule is COCc1cc2c(o1)[C@H]1N(c3ccccc3)[C@H](c3ccccc3)C[C@@]1(COS(C)(=O)=O)[C@@H]2CCOS(C)(=O)=O. The van der Waals surface area contributed by atoms with Gasteiger partial charge >= 0.3 is 0 Å². The van der Waals surface area contributed by atoms with E-state index in [0.717, 1.165) is 29.3 Å². The number of hydrogen-bond donors (Lipinski definition) is 0. The average Bonchev–Trinajstić information content (AvgIpc) is 3.51. The van der Waals surface area contributed by atoms with Gasteiger partial charge in [-0.05, 0) is 36.6 Å². The van der Waals surface area contributed by atoms with Crippen LogP contribution in [0.4, 0.5) is 5.69 Å². The van der Waals surface area contributed by atoms with Crippen LogP contribution in [0.5, 0.6) is 0 Å². The van der Waals surface area contributed by atoms with Crippen molar-refractivity contribution in [2.24, 2.45) is 5.41 Å². The maximum absolute atomic E-state index is 12.3.